The van der Waals surface area contributed by atoms with Crippen molar-refractivity contribution in [2.24, 2.45) is 0 Å². The van der Waals surface area contributed by atoms with Gasteiger partial charge in [0, 0.05) is 11.9 Å². The lowest BCUT2D eigenvalue weighted by Gasteiger charge is -2.13. The van der Waals surface area contributed by atoms with Gasteiger partial charge in [-0.3, -0.25) is 9.89 Å². The fourth-order valence-corrected chi connectivity index (χ4v) is 2.76. The Labute approximate surface area is 127 Å². The van der Waals surface area contributed by atoms with Gasteiger partial charge in [0.25, 0.3) is 5.56 Å². The molecule has 0 aliphatic carbocycles. The quantitative estimate of drug-likeness (QED) is 0.794. The van der Waals surface area contributed by atoms with Gasteiger partial charge in [-0.05, 0) is 33.1 Å². The second-order valence-corrected chi connectivity index (χ2v) is 5.56. The molecule has 0 atom stereocenters. The zero-order valence-corrected chi connectivity index (χ0v) is 12.6. The van der Waals surface area contributed by atoms with E-state index in [1.54, 1.807) is 4.57 Å². The van der Waals surface area contributed by atoms with Crippen LogP contribution < -0.4 is 5.56 Å². The number of hydrogen-bond acceptors (Lipinski definition) is 4. The standard InChI is InChI=1S/C16H17N5O/c1-20(2)8-5-9-21-13-7-4-3-6-11(13)15-14(16(21)22)12(10-17)18-19-15/h3-4,6-7H,5,8-9H2,1-2H3,(H,18,19). The zero-order valence-electron chi connectivity index (χ0n) is 12.6. The van der Waals surface area contributed by atoms with E-state index in [2.05, 4.69) is 15.1 Å². The van der Waals surface area contributed by atoms with Crippen LogP contribution >= 0.6 is 0 Å². The zero-order chi connectivity index (χ0) is 15.7. The van der Waals surface area contributed by atoms with Crippen LogP contribution in [0.1, 0.15) is 12.1 Å². The minimum Gasteiger partial charge on any atom is -0.309 e. The van der Waals surface area contributed by atoms with E-state index < -0.39 is 0 Å². The first-order valence-corrected chi connectivity index (χ1v) is 7.18. The Kier molecular flexibility index (Phi) is 3.65. The van der Waals surface area contributed by atoms with Crippen LogP contribution in [0.25, 0.3) is 21.8 Å². The summed E-state index contributed by atoms with van der Waals surface area (Å²) in [6.07, 6.45) is 0.863. The lowest BCUT2D eigenvalue weighted by molar-refractivity contribution is 0.387. The molecule has 3 rings (SSSR count). The van der Waals surface area contributed by atoms with Gasteiger partial charge in [-0.1, -0.05) is 18.2 Å². The lowest BCUT2D eigenvalue weighted by atomic mass is 10.1. The highest BCUT2D eigenvalue weighted by molar-refractivity contribution is 6.04. The lowest BCUT2D eigenvalue weighted by Crippen LogP contribution is -2.23. The fourth-order valence-electron chi connectivity index (χ4n) is 2.76. The van der Waals surface area contributed by atoms with Gasteiger partial charge in [0.05, 0.1) is 11.0 Å². The van der Waals surface area contributed by atoms with Crippen molar-refractivity contribution in [1.29, 1.82) is 5.26 Å². The van der Waals surface area contributed by atoms with E-state index in [0.717, 1.165) is 23.9 Å². The van der Waals surface area contributed by atoms with Crippen molar-refractivity contribution in [3.05, 3.63) is 40.3 Å². The number of pyridine rings is 1. The molecule has 2 heterocycles. The van der Waals surface area contributed by atoms with Gasteiger partial charge < -0.3 is 9.47 Å². The van der Waals surface area contributed by atoms with Crippen molar-refractivity contribution in [3.63, 3.8) is 0 Å². The number of fused-ring (bicyclic) bond motifs is 3. The van der Waals surface area contributed by atoms with Crippen molar-refractivity contribution >= 4 is 21.8 Å². The summed E-state index contributed by atoms with van der Waals surface area (Å²) in [5.41, 5.74) is 1.51. The van der Waals surface area contributed by atoms with E-state index in [4.69, 9.17) is 0 Å². The summed E-state index contributed by atoms with van der Waals surface area (Å²) in [5.74, 6) is 0. The Bertz CT molecular complexity index is 929. The first-order valence-electron chi connectivity index (χ1n) is 7.18. The molecule has 0 radical (unpaired) electrons. The normalized spacial score (nSPS) is 11.4. The van der Waals surface area contributed by atoms with Gasteiger partial charge in [-0.2, -0.15) is 10.4 Å². The van der Waals surface area contributed by atoms with Crippen molar-refractivity contribution in [3.8, 4) is 6.07 Å². The van der Waals surface area contributed by atoms with Crippen molar-refractivity contribution in [1.82, 2.24) is 19.7 Å². The summed E-state index contributed by atoms with van der Waals surface area (Å²) in [6.45, 7) is 1.51. The summed E-state index contributed by atoms with van der Waals surface area (Å²) in [7, 11) is 4.02. The number of hydrogen-bond donors (Lipinski definition) is 1. The van der Waals surface area contributed by atoms with Gasteiger partial charge in [0.15, 0.2) is 5.69 Å². The maximum absolute atomic E-state index is 12.8. The number of nitrogens with one attached hydrogen (secondary N) is 1. The maximum Gasteiger partial charge on any atom is 0.263 e. The number of aromatic amines is 1. The molecule has 112 valence electrons. The van der Waals surface area contributed by atoms with Crippen LogP contribution in [0.4, 0.5) is 0 Å². The molecule has 0 unspecified atom stereocenters. The Balaban J connectivity index is 2.26. The molecule has 0 aliphatic heterocycles. The van der Waals surface area contributed by atoms with Crippen molar-refractivity contribution in [2.45, 2.75) is 13.0 Å². The number of benzene rings is 1. The van der Waals surface area contributed by atoms with Crippen LogP contribution in [-0.4, -0.2) is 40.3 Å². The van der Waals surface area contributed by atoms with Crippen LogP contribution in [0.3, 0.4) is 0 Å². The highest BCUT2D eigenvalue weighted by atomic mass is 16.1. The molecule has 22 heavy (non-hydrogen) atoms. The highest BCUT2D eigenvalue weighted by Crippen LogP contribution is 2.22. The van der Waals surface area contributed by atoms with Crippen LogP contribution in [0.15, 0.2) is 29.1 Å². The van der Waals surface area contributed by atoms with E-state index in [1.165, 1.54) is 0 Å². The monoisotopic (exact) mass is 295 g/mol. The second kappa shape index (κ2) is 5.62. The minimum atomic E-state index is -0.155. The minimum absolute atomic E-state index is 0.155. The van der Waals surface area contributed by atoms with E-state index in [0.29, 0.717) is 17.4 Å². The molecule has 0 spiro atoms. The number of aromatic nitrogens is 3. The molecule has 1 aromatic carbocycles. The molecule has 6 heteroatoms. The summed E-state index contributed by atoms with van der Waals surface area (Å²) >= 11 is 0. The third-order valence-corrected chi connectivity index (χ3v) is 3.78. The summed E-state index contributed by atoms with van der Waals surface area (Å²) in [6, 6.07) is 9.70. The summed E-state index contributed by atoms with van der Waals surface area (Å²) in [5, 5.41) is 17.3. The topological polar surface area (TPSA) is 77.7 Å². The average molecular weight is 295 g/mol. The third kappa shape index (κ3) is 2.26. The molecule has 0 amide bonds. The highest BCUT2D eigenvalue weighted by Gasteiger charge is 2.16. The van der Waals surface area contributed by atoms with Gasteiger partial charge in [-0.15, -0.1) is 0 Å². The van der Waals surface area contributed by atoms with Gasteiger partial charge in [-0.25, -0.2) is 0 Å². The van der Waals surface area contributed by atoms with E-state index in [9.17, 15) is 10.1 Å². The average Bonchev–Trinajstić information content (AvgIpc) is 2.94. The molecular formula is C16H17N5O. The molecule has 2 aromatic heterocycles. The largest absolute Gasteiger partial charge is 0.309 e. The number of H-pyrrole nitrogens is 1. The number of rotatable bonds is 4. The van der Waals surface area contributed by atoms with E-state index in [-0.39, 0.29) is 11.3 Å². The molecule has 0 saturated heterocycles. The smallest absolute Gasteiger partial charge is 0.263 e. The molecule has 6 nitrogen and oxygen atoms in total. The van der Waals surface area contributed by atoms with Gasteiger partial charge in [0.2, 0.25) is 0 Å². The Morgan fingerprint density at radius 1 is 1.36 bits per heavy atom. The molecule has 0 aliphatic rings. The first kappa shape index (κ1) is 14.3. The molecule has 0 fully saturated rings. The van der Waals surface area contributed by atoms with Crippen LogP contribution in [0, 0.1) is 11.3 Å². The van der Waals surface area contributed by atoms with E-state index >= 15 is 0 Å². The molecular weight excluding hydrogens is 278 g/mol. The number of nitrogens with zero attached hydrogens (tertiary/aromatic N) is 4. The third-order valence-electron chi connectivity index (χ3n) is 3.78. The molecule has 0 saturated carbocycles. The predicted octanol–water partition coefficient (Wildman–Crippen LogP) is 1.70. The first-order chi connectivity index (χ1) is 10.6. The van der Waals surface area contributed by atoms with Crippen LogP contribution in [0.5, 0.6) is 0 Å². The van der Waals surface area contributed by atoms with Crippen LogP contribution in [0.2, 0.25) is 0 Å². The van der Waals surface area contributed by atoms with Gasteiger partial charge >= 0.3 is 0 Å². The Morgan fingerprint density at radius 3 is 2.86 bits per heavy atom. The Morgan fingerprint density at radius 2 is 2.14 bits per heavy atom. The molecule has 3 aromatic rings. The van der Waals surface area contributed by atoms with Crippen molar-refractivity contribution in [2.75, 3.05) is 20.6 Å². The Hall–Kier alpha value is -2.65. The fraction of sp³-hybridized carbons (Fsp3) is 0.312. The summed E-state index contributed by atoms with van der Waals surface area (Å²) in [4.78, 5) is 14.9. The second-order valence-electron chi connectivity index (χ2n) is 5.56. The van der Waals surface area contributed by atoms with Crippen LogP contribution in [-0.2, 0) is 6.54 Å². The summed E-state index contributed by atoms with van der Waals surface area (Å²) < 4.78 is 1.75. The van der Waals surface area contributed by atoms with E-state index in [1.807, 2.05) is 44.4 Å². The number of nitriles is 1. The van der Waals surface area contributed by atoms with Crippen molar-refractivity contribution < 1.29 is 0 Å². The van der Waals surface area contributed by atoms with Gasteiger partial charge in [0.1, 0.15) is 11.5 Å². The maximum atomic E-state index is 12.8. The molecule has 1 N–H and O–H groups in total. The number of para-hydroxylation sites is 1. The predicted molar refractivity (Wildman–Crippen MR) is 85.7 cm³/mol. The molecule has 0 bridgehead atoms. The number of aryl methyl sites for hydroxylation is 1. The SMILES string of the molecule is CN(C)CCCn1c(=O)c2c(C#N)n[nH]c2c2ccccc21.